The van der Waals surface area contributed by atoms with E-state index < -0.39 is 6.10 Å². The SMILES string of the molecule is CCCCc1cc(O)c2c(c1C(C)=O)CC(O)CC2=O. The highest BCUT2D eigenvalue weighted by Gasteiger charge is 2.31. The van der Waals surface area contributed by atoms with Gasteiger partial charge in [0.2, 0.25) is 0 Å². The molecule has 108 valence electrons. The Morgan fingerprint density at radius 2 is 2.10 bits per heavy atom. The fourth-order valence-electron chi connectivity index (χ4n) is 2.92. The lowest BCUT2D eigenvalue weighted by Gasteiger charge is -2.24. The van der Waals surface area contributed by atoms with Gasteiger partial charge in [0, 0.05) is 18.4 Å². The minimum Gasteiger partial charge on any atom is -0.507 e. The molecule has 0 bridgehead atoms. The van der Waals surface area contributed by atoms with Crippen LogP contribution in [0.4, 0.5) is 0 Å². The Hall–Kier alpha value is -1.68. The van der Waals surface area contributed by atoms with Crippen molar-refractivity contribution in [2.45, 2.75) is 52.1 Å². The van der Waals surface area contributed by atoms with Gasteiger partial charge in [-0.2, -0.15) is 0 Å². The molecule has 0 spiro atoms. The maximum absolute atomic E-state index is 12.0. The quantitative estimate of drug-likeness (QED) is 0.828. The number of hydrogen-bond donors (Lipinski definition) is 2. The van der Waals surface area contributed by atoms with Gasteiger partial charge in [-0.3, -0.25) is 9.59 Å². The summed E-state index contributed by atoms with van der Waals surface area (Å²) in [4.78, 5) is 23.9. The molecule has 1 atom stereocenters. The highest BCUT2D eigenvalue weighted by Crippen LogP contribution is 2.35. The fraction of sp³-hybridized carbons (Fsp3) is 0.500. The summed E-state index contributed by atoms with van der Waals surface area (Å²) in [6.07, 6.45) is 2.08. The van der Waals surface area contributed by atoms with Crippen LogP contribution < -0.4 is 0 Å². The Kier molecular flexibility index (Phi) is 4.23. The number of hydrogen-bond acceptors (Lipinski definition) is 4. The van der Waals surface area contributed by atoms with E-state index in [0.29, 0.717) is 17.5 Å². The molecule has 20 heavy (non-hydrogen) atoms. The first-order valence-corrected chi connectivity index (χ1v) is 7.05. The first-order chi connectivity index (χ1) is 9.45. The number of carbonyl (C=O) groups excluding carboxylic acids is 2. The Bertz CT molecular complexity index is 560. The van der Waals surface area contributed by atoms with E-state index >= 15 is 0 Å². The lowest BCUT2D eigenvalue weighted by molar-refractivity contribution is 0.0849. The third-order valence-electron chi connectivity index (χ3n) is 3.78. The molecule has 0 radical (unpaired) electrons. The molecule has 2 N–H and O–H groups in total. The average molecular weight is 276 g/mol. The Balaban J connectivity index is 2.63. The van der Waals surface area contributed by atoms with Gasteiger partial charge in [0.1, 0.15) is 5.75 Å². The first-order valence-electron chi connectivity index (χ1n) is 7.05. The van der Waals surface area contributed by atoms with Gasteiger partial charge in [0.15, 0.2) is 11.6 Å². The van der Waals surface area contributed by atoms with E-state index in [9.17, 15) is 19.8 Å². The van der Waals surface area contributed by atoms with E-state index in [1.165, 1.54) is 6.92 Å². The first kappa shape index (κ1) is 14.7. The number of phenols is 1. The van der Waals surface area contributed by atoms with E-state index in [2.05, 4.69) is 6.92 Å². The molecule has 1 aliphatic rings. The molecule has 0 saturated heterocycles. The largest absolute Gasteiger partial charge is 0.507 e. The predicted molar refractivity (Wildman–Crippen MR) is 75.4 cm³/mol. The molecule has 1 aliphatic carbocycles. The normalized spacial score (nSPS) is 17.9. The number of benzene rings is 1. The number of aliphatic hydroxyl groups excluding tert-OH is 1. The zero-order chi connectivity index (χ0) is 14.9. The number of unbranched alkanes of at least 4 members (excludes halogenated alkanes) is 1. The van der Waals surface area contributed by atoms with Gasteiger partial charge in [0.25, 0.3) is 0 Å². The van der Waals surface area contributed by atoms with Crippen molar-refractivity contribution in [3.05, 3.63) is 28.3 Å². The van der Waals surface area contributed by atoms with Crippen LogP contribution in [0.1, 0.15) is 65.0 Å². The van der Waals surface area contributed by atoms with Crippen LogP contribution in [0.5, 0.6) is 5.75 Å². The standard InChI is InChI=1S/C16H20O4/c1-3-4-5-10-6-13(19)16-12(15(10)9(2)17)7-11(18)8-14(16)20/h6,11,18-19H,3-5,7-8H2,1-2H3. The van der Waals surface area contributed by atoms with Crippen LogP contribution in [0, 0.1) is 0 Å². The van der Waals surface area contributed by atoms with E-state index in [-0.39, 0.29) is 35.7 Å². The zero-order valence-electron chi connectivity index (χ0n) is 11.9. The number of aliphatic hydroxyl groups is 1. The topological polar surface area (TPSA) is 74.6 Å². The number of Topliss-reactive ketones (excluding diaryl/α,β-unsaturated/α-hetero) is 2. The number of phenolic OH excluding ortho intramolecular Hbond substituents is 1. The Morgan fingerprint density at radius 3 is 2.70 bits per heavy atom. The van der Waals surface area contributed by atoms with E-state index in [0.717, 1.165) is 18.4 Å². The molecule has 4 heteroatoms. The van der Waals surface area contributed by atoms with Crippen molar-refractivity contribution in [1.82, 2.24) is 0 Å². The Morgan fingerprint density at radius 1 is 1.40 bits per heavy atom. The second-order valence-electron chi connectivity index (χ2n) is 5.43. The van der Waals surface area contributed by atoms with Gasteiger partial charge in [-0.25, -0.2) is 0 Å². The molecule has 0 aliphatic heterocycles. The zero-order valence-corrected chi connectivity index (χ0v) is 11.9. The average Bonchev–Trinajstić information content (AvgIpc) is 2.34. The number of carbonyl (C=O) groups is 2. The molecule has 0 aromatic heterocycles. The number of rotatable bonds is 4. The summed E-state index contributed by atoms with van der Waals surface area (Å²) in [6, 6.07) is 1.54. The lowest BCUT2D eigenvalue weighted by Crippen LogP contribution is -2.26. The van der Waals surface area contributed by atoms with E-state index in [1.54, 1.807) is 6.07 Å². The van der Waals surface area contributed by atoms with Crippen LogP contribution in [0.25, 0.3) is 0 Å². The van der Waals surface area contributed by atoms with Gasteiger partial charge in [-0.1, -0.05) is 13.3 Å². The fourth-order valence-corrected chi connectivity index (χ4v) is 2.92. The van der Waals surface area contributed by atoms with Crippen molar-refractivity contribution < 1.29 is 19.8 Å². The molecule has 4 nitrogen and oxygen atoms in total. The van der Waals surface area contributed by atoms with Crippen molar-refractivity contribution in [3.63, 3.8) is 0 Å². The van der Waals surface area contributed by atoms with Crippen LogP contribution in [0.2, 0.25) is 0 Å². The third kappa shape index (κ3) is 2.61. The van der Waals surface area contributed by atoms with E-state index in [1.807, 2.05) is 0 Å². The lowest BCUT2D eigenvalue weighted by atomic mass is 9.81. The van der Waals surface area contributed by atoms with E-state index in [4.69, 9.17) is 0 Å². The van der Waals surface area contributed by atoms with Gasteiger partial charge in [-0.15, -0.1) is 0 Å². The molecular formula is C16H20O4. The van der Waals surface area contributed by atoms with Crippen molar-refractivity contribution in [1.29, 1.82) is 0 Å². The Labute approximate surface area is 118 Å². The third-order valence-corrected chi connectivity index (χ3v) is 3.78. The summed E-state index contributed by atoms with van der Waals surface area (Å²) in [6.45, 7) is 3.52. The summed E-state index contributed by atoms with van der Waals surface area (Å²) in [5.41, 5.74) is 2.03. The van der Waals surface area contributed by atoms with Crippen LogP contribution in [0.15, 0.2) is 6.07 Å². The molecule has 2 rings (SSSR count). The van der Waals surface area contributed by atoms with Crippen LogP contribution in [-0.2, 0) is 12.8 Å². The van der Waals surface area contributed by atoms with Crippen molar-refractivity contribution in [2.24, 2.45) is 0 Å². The molecule has 1 aromatic carbocycles. The van der Waals surface area contributed by atoms with Gasteiger partial charge in [0.05, 0.1) is 11.7 Å². The van der Waals surface area contributed by atoms with Crippen molar-refractivity contribution >= 4 is 11.6 Å². The van der Waals surface area contributed by atoms with Gasteiger partial charge >= 0.3 is 0 Å². The molecule has 1 unspecified atom stereocenters. The van der Waals surface area contributed by atoms with Crippen LogP contribution in [0.3, 0.4) is 0 Å². The summed E-state index contributed by atoms with van der Waals surface area (Å²) in [5, 5.41) is 19.9. The smallest absolute Gasteiger partial charge is 0.169 e. The number of ketones is 2. The minimum atomic E-state index is -0.770. The molecule has 0 saturated carbocycles. The van der Waals surface area contributed by atoms with Gasteiger partial charge in [-0.05, 0) is 37.0 Å². The highest BCUT2D eigenvalue weighted by atomic mass is 16.3. The van der Waals surface area contributed by atoms with Crippen molar-refractivity contribution in [3.8, 4) is 5.75 Å². The summed E-state index contributed by atoms with van der Waals surface area (Å²) in [5.74, 6) is -0.469. The molecule has 0 amide bonds. The highest BCUT2D eigenvalue weighted by molar-refractivity contribution is 6.06. The summed E-state index contributed by atoms with van der Waals surface area (Å²) >= 11 is 0. The molecule has 0 fully saturated rings. The predicted octanol–water partition coefficient (Wildman–Crippen LogP) is 2.43. The summed E-state index contributed by atoms with van der Waals surface area (Å²) < 4.78 is 0. The summed E-state index contributed by atoms with van der Waals surface area (Å²) in [7, 11) is 0. The molecule has 0 heterocycles. The van der Waals surface area contributed by atoms with Crippen molar-refractivity contribution in [2.75, 3.05) is 0 Å². The number of fused-ring (bicyclic) bond motifs is 1. The maximum Gasteiger partial charge on any atom is 0.169 e. The molecule has 1 aromatic rings. The second kappa shape index (κ2) is 5.75. The minimum absolute atomic E-state index is 0.00616. The number of aryl methyl sites for hydroxylation is 1. The number of aromatic hydroxyl groups is 1. The van der Waals surface area contributed by atoms with Gasteiger partial charge < -0.3 is 10.2 Å². The van der Waals surface area contributed by atoms with Crippen LogP contribution in [-0.4, -0.2) is 27.9 Å². The molecular weight excluding hydrogens is 256 g/mol. The maximum atomic E-state index is 12.0. The van der Waals surface area contributed by atoms with Crippen LogP contribution >= 0.6 is 0 Å². The second-order valence-corrected chi connectivity index (χ2v) is 5.43. The monoisotopic (exact) mass is 276 g/mol.